The van der Waals surface area contributed by atoms with Crippen molar-refractivity contribution in [1.29, 1.82) is 0 Å². The summed E-state index contributed by atoms with van der Waals surface area (Å²) in [7, 11) is 0. The second-order valence-electron chi connectivity index (χ2n) is 7.49. The van der Waals surface area contributed by atoms with Crippen molar-refractivity contribution in [3.8, 4) is 11.5 Å². The molecule has 32 heavy (non-hydrogen) atoms. The predicted octanol–water partition coefficient (Wildman–Crippen LogP) is 4.32. The molecule has 4 rings (SSSR count). The molecule has 166 valence electrons. The maximum Gasteiger partial charge on any atom is 0.266 e. The quantitative estimate of drug-likeness (QED) is 0.460. The van der Waals surface area contributed by atoms with Crippen LogP contribution in [0.4, 0.5) is 0 Å². The molecule has 1 saturated heterocycles. The number of rotatable bonds is 8. The normalized spacial score (nSPS) is 17.2. The van der Waals surface area contributed by atoms with Crippen LogP contribution in [0.25, 0.3) is 6.08 Å². The van der Waals surface area contributed by atoms with Gasteiger partial charge in [-0.05, 0) is 35.8 Å². The van der Waals surface area contributed by atoms with E-state index >= 15 is 0 Å². The van der Waals surface area contributed by atoms with Crippen LogP contribution in [0, 0.1) is 0 Å². The highest BCUT2D eigenvalue weighted by Crippen LogP contribution is 2.36. The van der Waals surface area contributed by atoms with Crippen LogP contribution in [-0.4, -0.2) is 40.9 Å². The van der Waals surface area contributed by atoms with E-state index in [1.54, 1.807) is 6.08 Å². The zero-order chi connectivity index (χ0) is 22.5. The van der Waals surface area contributed by atoms with Gasteiger partial charge in [-0.25, -0.2) is 0 Å². The highest BCUT2D eigenvalue weighted by atomic mass is 32.2. The van der Waals surface area contributed by atoms with Crippen molar-refractivity contribution >= 4 is 46.2 Å². The Morgan fingerprint density at radius 3 is 2.78 bits per heavy atom. The molecule has 2 aromatic rings. The molecular weight excluding hydrogens is 444 g/mol. The molecular formula is C24H24N2O4S2. The van der Waals surface area contributed by atoms with Gasteiger partial charge in [0.05, 0.1) is 10.8 Å². The molecule has 2 aliphatic heterocycles. The zero-order valence-corrected chi connectivity index (χ0v) is 19.3. The van der Waals surface area contributed by atoms with Gasteiger partial charge >= 0.3 is 0 Å². The third kappa shape index (κ3) is 4.97. The number of amides is 2. The first-order valence-corrected chi connectivity index (χ1v) is 11.8. The Balaban J connectivity index is 1.36. The van der Waals surface area contributed by atoms with Crippen molar-refractivity contribution in [1.82, 2.24) is 10.2 Å². The summed E-state index contributed by atoms with van der Waals surface area (Å²) in [4.78, 5) is 27.7. The maximum absolute atomic E-state index is 12.9. The SMILES string of the molecule is CCCC(C(=O)NCCN1C(=O)/C(=C\c2ccc3c(c2)OCO3)SC1=S)c1ccccc1. The Bertz CT molecular complexity index is 1060. The van der Waals surface area contributed by atoms with E-state index in [4.69, 9.17) is 21.7 Å². The Morgan fingerprint density at radius 2 is 2.00 bits per heavy atom. The zero-order valence-electron chi connectivity index (χ0n) is 17.7. The smallest absolute Gasteiger partial charge is 0.266 e. The molecule has 1 N–H and O–H groups in total. The van der Waals surface area contributed by atoms with Crippen molar-refractivity contribution in [3.63, 3.8) is 0 Å². The first-order valence-electron chi connectivity index (χ1n) is 10.5. The fourth-order valence-electron chi connectivity index (χ4n) is 3.68. The van der Waals surface area contributed by atoms with Crippen LogP contribution in [0.15, 0.2) is 53.4 Å². The minimum atomic E-state index is -0.196. The lowest BCUT2D eigenvalue weighted by atomic mass is 9.94. The van der Waals surface area contributed by atoms with Crippen LogP contribution >= 0.6 is 24.0 Å². The van der Waals surface area contributed by atoms with Crippen molar-refractivity contribution in [2.45, 2.75) is 25.7 Å². The van der Waals surface area contributed by atoms with Gasteiger partial charge in [0.25, 0.3) is 5.91 Å². The summed E-state index contributed by atoms with van der Waals surface area (Å²) in [6.07, 6.45) is 3.48. The molecule has 0 saturated carbocycles. The van der Waals surface area contributed by atoms with Gasteiger partial charge in [0.15, 0.2) is 11.5 Å². The minimum Gasteiger partial charge on any atom is -0.454 e. The molecule has 1 unspecified atom stereocenters. The van der Waals surface area contributed by atoms with Crippen LogP contribution < -0.4 is 14.8 Å². The summed E-state index contributed by atoms with van der Waals surface area (Å²) in [5.74, 6) is 0.983. The number of ether oxygens (including phenoxy) is 2. The summed E-state index contributed by atoms with van der Waals surface area (Å²) < 4.78 is 11.2. The number of thiocarbonyl (C=S) groups is 1. The Hall–Kier alpha value is -2.84. The molecule has 2 aromatic carbocycles. The largest absolute Gasteiger partial charge is 0.454 e. The second-order valence-corrected chi connectivity index (χ2v) is 9.16. The van der Waals surface area contributed by atoms with Crippen molar-refractivity contribution < 1.29 is 19.1 Å². The highest BCUT2D eigenvalue weighted by molar-refractivity contribution is 8.26. The molecule has 1 fully saturated rings. The fourth-order valence-corrected chi connectivity index (χ4v) is 4.99. The number of fused-ring (bicyclic) bond motifs is 1. The second kappa shape index (κ2) is 10.2. The van der Waals surface area contributed by atoms with Crippen LogP contribution in [0.1, 0.15) is 36.8 Å². The third-order valence-corrected chi connectivity index (χ3v) is 6.68. The number of nitrogens with one attached hydrogen (secondary N) is 1. The van der Waals surface area contributed by atoms with Gasteiger partial charge in [-0.2, -0.15) is 0 Å². The van der Waals surface area contributed by atoms with Crippen LogP contribution in [0.3, 0.4) is 0 Å². The average Bonchev–Trinajstić information content (AvgIpc) is 3.37. The molecule has 0 aromatic heterocycles. The molecule has 8 heteroatoms. The molecule has 0 aliphatic carbocycles. The summed E-state index contributed by atoms with van der Waals surface area (Å²) in [5, 5.41) is 2.98. The Kier molecular flexibility index (Phi) is 7.12. The van der Waals surface area contributed by atoms with E-state index in [0.717, 1.165) is 24.0 Å². The van der Waals surface area contributed by atoms with Crippen LogP contribution in [-0.2, 0) is 9.59 Å². The monoisotopic (exact) mass is 468 g/mol. The Labute approximate surface area is 197 Å². The molecule has 2 amide bonds. The first-order chi connectivity index (χ1) is 15.6. The highest BCUT2D eigenvalue weighted by Gasteiger charge is 2.32. The van der Waals surface area contributed by atoms with Gasteiger partial charge < -0.3 is 14.8 Å². The van der Waals surface area contributed by atoms with E-state index in [1.807, 2.05) is 48.5 Å². The van der Waals surface area contributed by atoms with E-state index in [0.29, 0.717) is 33.8 Å². The lowest BCUT2D eigenvalue weighted by molar-refractivity contribution is -0.124. The summed E-state index contributed by atoms with van der Waals surface area (Å²) >= 11 is 6.67. The number of nitrogens with zero attached hydrogens (tertiary/aromatic N) is 1. The number of carbonyl (C=O) groups excluding carboxylic acids is 2. The van der Waals surface area contributed by atoms with Crippen LogP contribution in [0.5, 0.6) is 11.5 Å². The summed E-state index contributed by atoms with van der Waals surface area (Å²) in [6, 6.07) is 15.3. The molecule has 0 bridgehead atoms. The fraction of sp³-hybridized carbons (Fsp3) is 0.292. The molecule has 2 aliphatic rings. The van der Waals surface area contributed by atoms with E-state index in [-0.39, 0.29) is 24.5 Å². The lowest BCUT2D eigenvalue weighted by Crippen LogP contribution is -2.38. The van der Waals surface area contributed by atoms with Gasteiger partial charge in [-0.3, -0.25) is 14.5 Å². The van der Waals surface area contributed by atoms with Crippen LogP contribution in [0.2, 0.25) is 0 Å². The Morgan fingerprint density at radius 1 is 1.22 bits per heavy atom. The minimum absolute atomic E-state index is 0.0283. The summed E-state index contributed by atoms with van der Waals surface area (Å²) in [6.45, 7) is 2.95. The van der Waals surface area contributed by atoms with E-state index in [9.17, 15) is 9.59 Å². The van der Waals surface area contributed by atoms with Crippen molar-refractivity contribution in [2.75, 3.05) is 19.9 Å². The van der Waals surface area contributed by atoms with Crippen molar-refractivity contribution in [3.05, 3.63) is 64.6 Å². The average molecular weight is 469 g/mol. The number of thioether (sulfide) groups is 1. The van der Waals surface area contributed by atoms with Crippen molar-refractivity contribution in [2.24, 2.45) is 0 Å². The predicted molar refractivity (Wildman–Crippen MR) is 130 cm³/mol. The van der Waals surface area contributed by atoms with Gasteiger partial charge in [0, 0.05) is 13.1 Å². The van der Waals surface area contributed by atoms with Gasteiger partial charge in [-0.1, -0.05) is 73.7 Å². The van der Waals surface area contributed by atoms with Gasteiger partial charge in [0.1, 0.15) is 4.32 Å². The molecule has 1 atom stereocenters. The number of hydrogen-bond donors (Lipinski definition) is 1. The van der Waals surface area contributed by atoms with Gasteiger partial charge in [-0.15, -0.1) is 0 Å². The third-order valence-electron chi connectivity index (χ3n) is 5.30. The van der Waals surface area contributed by atoms with Gasteiger partial charge in [0.2, 0.25) is 12.7 Å². The first kappa shape index (κ1) is 22.4. The molecule has 0 spiro atoms. The topological polar surface area (TPSA) is 67.9 Å². The van der Waals surface area contributed by atoms with E-state index in [2.05, 4.69) is 12.2 Å². The molecule has 6 nitrogen and oxygen atoms in total. The van der Waals surface area contributed by atoms with E-state index < -0.39 is 0 Å². The summed E-state index contributed by atoms with van der Waals surface area (Å²) in [5.41, 5.74) is 1.84. The standard InChI is InChI=1S/C24H24N2O4S2/c1-2-6-18(17-7-4-3-5-8-17)22(27)25-11-12-26-23(28)21(32-24(26)31)14-16-9-10-19-20(13-16)30-15-29-19/h3-5,7-10,13-14,18H,2,6,11-12,15H2,1H3,(H,25,27)/b21-14+. The number of carbonyl (C=O) groups is 2. The number of benzene rings is 2. The number of hydrogen-bond acceptors (Lipinski definition) is 6. The maximum atomic E-state index is 12.9. The molecule has 0 radical (unpaired) electrons. The molecule has 2 heterocycles. The van der Waals surface area contributed by atoms with E-state index in [1.165, 1.54) is 16.7 Å². The lowest BCUT2D eigenvalue weighted by Gasteiger charge is -2.19.